The SMILES string of the molecule is CC(=O)NCCNC(C)C(O)c1c(C)cc(C)cc1C. The lowest BCUT2D eigenvalue weighted by Gasteiger charge is -2.24. The van der Waals surface area contributed by atoms with Crippen LogP contribution < -0.4 is 10.6 Å². The van der Waals surface area contributed by atoms with Gasteiger partial charge in [0.2, 0.25) is 5.91 Å². The summed E-state index contributed by atoms with van der Waals surface area (Å²) in [4.78, 5) is 10.8. The van der Waals surface area contributed by atoms with Gasteiger partial charge in [-0.3, -0.25) is 4.79 Å². The Morgan fingerprint density at radius 1 is 1.20 bits per heavy atom. The molecule has 0 heterocycles. The Morgan fingerprint density at radius 3 is 2.25 bits per heavy atom. The Balaban J connectivity index is 2.65. The molecule has 0 aliphatic carbocycles. The van der Waals surface area contributed by atoms with Gasteiger partial charge in [-0.25, -0.2) is 0 Å². The first-order valence-electron chi connectivity index (χ1n) is 7.06. The van der Waals surface area contributed by atoms with Gasteiger partial charge in [0.25, 0.3) is 0 Å². The summed E-state index contributed by atoms with van der Waals surface area (Å²) in [6.07, 6.45) is -0.548. The van der Waals surface area contributed by atoms with Gasteiger partial charge in [0.05, 0.1) is 6.10 Å². The highest BCUT2D eigenvalue weighted by Gasteiger charge is 2.19. The third-order valence-electron chi connectivity index (χ3n) is 3.47. The molecule has 0 saturated heterocycles. The number of amides is 1. The highest BCUT2D eigenvalue weighted by atomic mass is 16.3. The van der Waals surface area contributed by atoms with Crippen molar-refractivity contribution in [1.82, 2.24) is 10.6 Å². The highest BCUT2D eigenvalue weighted by molar-refractivity contribution is 5.72. The van der Waals surface area contributed by atoms with Gasteiger partial charge in [0, 0.05) is 26.1 Å². The van der Waals surface area contributed by atoms with Gasteiger partial charge in [-0.15, -0.1) is 0 Å². The summed E-state index contributed by atoms with van der Waals surface area (Å²) < 4.78 is 0. The smallest absolute Gasteiger partial charge is 0.216 e. The number of benzene rings is 1. The second kappa shape index (κ2) is 7.41. The van der Waals surface area contributed by atoms with Crippen molar-refractivity contribution in [2.24, 2.45) is 0 Å². The van der Waals surface area contributed by atoms with Crippen molar-refractivity contribution in [2.75, 3.05) is 13.1 Å². The van der Waals surface area contributed by atoms with Crippen molar-refractivity contribution >= 4 is 5.91 Å². The fraction of sp³-hybridized carbons (Fsp3) is 0.562. The second-order valence-electron chi connectivity index (χ2n) is 5.48. The molecule has 0 aliphatic heterocycles. The molecule has 0 fully saturated rings. The first-order chi connectivity index (χ1) is 9.32. The molecule has 0 aliphatic rings. The van der Waals surface area contributed by atoms with Crippen LogP contribution in [0.2, 0.25) is 0 Å². The number of carbonyl (C=O) groups is 1. The summed E-state index contributed by atoms with van der Waals surface area (Å²) >= 11 is 0. The Morgan fingerprint density at radius 2 is 1.75 bits per heavy atom. The Labute approximate surface area is 121 Å². The number of aliphatic hydroxyl groups excluding tert-OH is 1. The van der Waals surface area contributed by atoms with Crippen LogP contribution in [0.5, 0.6) is 0 Å². The third-order valence-corrected chi connectivity index (χ3v) is 3.47. The molecule has 20 heavy (non-hydrogen) atoms. The minimum Gasteiger partial charge on any atom is -0.387 e. The molecule has 2 atom stereocenters. The lowest BCUT2D eigenvalue weighted by molar-refractivity contribution is -0.118. The summed E-state index contributed by atoms with van der Waals surface area (Å²) in [5.41, 5.74) is 4.44. The van der Waals surface area contributed by atoms with Crippen molar-refractivity contribution in [3.8, 4) is 0 Å². The molecular weight excluding hydrogens is 252 g/mol. The Hall–Kier alpha value is -1.39. The van der Waals surface area contributed by atoms with Crippen molar-refractivity contribution in [2.45, 2.75) is 46.8 Å². The monoisotopic (exact) mass is 278 g/mol. The van der Waals surface area contributed by atoms with E-state index in [2.05, 4.69) is 29.7 Å². The molecule has 3 N–H and O–H groups in total. The number of hydrogen-bond donors (Lipinski definition) is 3. The normalized spacial score (nSPS) is 13.9. The fourth-order valence-corrected chi connectivity index (χ4v) is 2.56. The van der Waals surface area contributed by atoms with E-state index in [1.54, 1.807) is 0 Å². The molecule has 1 aromatic rings. The van der Waals surface area contributed by atoms with E-state index in [1.165, 1.54) is 12.5 Å². The molecule has 2 unspecified atom stereocenters. The summed E-state index contributed by atoms with van der Waals surface area (Å²) in [6, 6.07) is 4.12. The van der Waals surface area contributed by atoms with Crippen LogP contribution in [0.3, 0.4) is 0 Å². The van der Waals surface area contributed by atoms with Crippen LogP contribution in [0.4, 0.5) is 0 Å². The lowest BCUT2D eigenvalue weighted by atomic mass is 9.92. The van der Waals surface area contributed by atoms with E-state index in [4.69, 9.17) is 0 Å². The standard InChI is InChI=1S/C16H26N2O2/c1-10-8-11(2)15(12(3)9-10)16(20)13(4)17-6-7-18-14(5)19/h8-9,13,16-17,20H,6-7H2,1-5H3,(H,18,19). The van der Waals surface area contributed by atoms with Crippen LogP contribution in [0.1, 0.15) is 42.2 Å². The van der Waals surface area contributed by atoms with E-state index < -0.39 is 6.10 Å². The molecule has 0 bridgehead atoms. The molecule has 0 aromatic heterocycles. The van der Waals surface area contributed by atoms with Crippen molar-refractivity contribution < 1.29 is 9.90 Å². The van der Waals surface area contributed by atoms with Gasteiger partial charge in [-0.05, 0) is 44.4 Å². The largest absolute Gasteiger partial charge is 0.387 e. The third kappa shape index (κ3) is 4.62. The number of rotatable bonds is 6. The van der Waals surface area contributed by atoms with Crippen molar-refractivity contribution in [3.63, 3.8) is 0 Å². The second-order valence-corrected chi connectivity index (χ2v) is 5.48. The van der Waals surface area contributed by atoms with E-state index in [0.29, 0.717) is 13.1 Å². The van der Waals surface area contributed by atoms with Gasteiger partial charge in [-0.1, -0.05) is 17.7 Å². The molecule has 4 heteroatoms. The zero-order chi connectivity index (χ0) is 15.3. The van der Waals surface area contributed by atoms with E-state index in [9.17, 15) is 9.90 Å². The highest BCUT2D eigenvalue weighted by Crippen LogP contribution is 2.25. The number of nitrogens with one attached hydrogen (secondary N) is 2. The van der Waals surface area contributed by atoms with Gasteiger partial charge in [0.15, 0.2) is 0 Å². The zero-order valence-corrected chi connectivity index (χ0v) is 13.1. The molecule has 0 spiro atoms. The average molecular weight is 278 g/mol. The minimum absolute atomic E-state index is 0.0368. The number of aryl methyl sites for hydroxylation is 3. The van der Waals surface area contributed by atoms with E-state index in [0.717, 1.165) is 16.7 Å². The van der Waals surface area contributed by atoms with Crippen LogP contribution in [-0.2, 0) is 4.79 Å². The van der Waals surface area contributed by atoms with Crippen LogP contribution >= 0.6 is 0 Å². The molecule has 1 amide bonds. The Bertz CT molecular complexity index is 449. The zero-order valence-electron chi connectivity index (χ0n) is 13.1. The average Bonchev–Trinajstić information content (AvgIpc) is 2.32. The first-order valence-corrected chi connectivity index (χ1v) is 7.06. The van der Waals surface area contributed by atoms with E-state index in [1.807, 2.05) is 20.8 Å². The van der Waals surface area contributed by atoms with Crippen LogP contribution in [0, 0.1) is 20.8 Å². The van der Waals surface area contributed by atoms with Crippen LogP contribution in [0.25, 0.3) is 0 Å². The molecule has 112 valence electrons. The topological polar surface area (TPSA) is 61.4 Å². The summed E-state index contributed by atoms with van der Waals surface area (Å²) in [6.45, 7) is 10.8. The van der Waals surface area contributed by atoms with E-state index in [-0.39, 0.29) is 11.9 Å². The van der Waals surface area contributed by atoms with Crippen LogP contribution in [0.15, 0.2) is 12.1 Å². The summed E-state index contributed by atoms with van der Waals surface area (Å²) in [7, 11) is 0. The van der Waals surface area contributed by atoms with Gasteiger partial charge in [0.1, 0.15) is 0 Å². The predicted molar refractivity (Wildman–Crippen MR) is 81.8 cm³/mol. The van der Waals surface area contributed by atoms with Crippen molar-refractivity contribution in [1.29, 1.82) is 0 Å². The maximum atomic E-state index is 10.8. The fourth-order valence-electron chi connectivity index (χ4n) is 2.56. The molecule has 0 saturated carbocycles. The quantitative estimate of drug-likeness (QED) is 0.695. The molecular formula is C16H26N2O2. The van der Waals surface area contributed by atoms with Gasteiger partial charge >= 0.3 is 0 Å². The van der Waals surface area contributed by atoms with Crippen LogP contribution in [-0.4, -0.2) is 30.1 Å². The van der Waals surface area contributed by atoms with Gasteiger partial charge in [-0.2, -0.15) is 0 Å². The van der Waals surface area contributed by atoms with E-state index >= 15 is 0 Å². The Kier molecular flexibility index (Phi) is 6.17. The predicted octanol–water partition coefficient (Wildman–Crippen LogP) is 1.76. The maximum absolute atomic E-state index is 10.8. The maximum Gasteiger partial charge on any atom is 0.216 e. The van der Waals surface area contributed by atoms with Crippen molar-refractivity contribution in [3.05, 3.63) is 34.4 Å². The molecule has 4 nitrogen and oxygen atoms in total. The number of aliphatic hydroxyl groups is 1. The first kappa shape index (κ1) is 16.7. The minimum atomic E-state index is -0.548. The number of carbonyl (C=O) groups excluding carboxylic acids is 1. The summed E-state index contributed by atoms with van der Waals surface area (Å²) in [5, 5.41) is 16.5. The molecule has 0 radical (unpaired) electrons. The molecule has 1 rings (SSSR count). The lowest BCUT2D eigenvalue weighted by Crippen LogP contribution is -2.38. The molecule has 1 aromatic carbocycles. The summed E-state index contributed by atoms with van der Waals surface area (Å²) in [5.74, 6) is -0.0368. The number of hydrogen-bond acceptors (Lipinski definition) is 3. The van der Waals surface area contributed by atoms with Gasteiger partial charge < -0.3 is 15.7 Å².